The normalized spacial score (nSPS) is 26.8. The Morgan fingerprint density at radius 1 is 1.22 bits per heavy atom. The maximum absolute atomic E-state index is 3.61. The minimum absolute atomic E-state index is 0.660. The number of nitrogens with one attached hydrogen (secondary N) is 1. The van der Waals surface area contributed by atoms with Gasteiger partial charge in [0.15, 0.2) is 0 Å². The van der Waals surface area contributed by atoms with Crippen LogP contribution in [0.15, 0.2) is 0 Å². The third-order valence-electron chi connectivity index (χ3n) is 4.52. The molecule has 0 bridgehead atoms. The quantitative estimate of drug-likeness (QED) is 0.699. The molecule has 2 nitrogen and oxygen atoms in total. The molecular formula is C16H34N2. The van der Waals surface area contributed by atoms with Gasteiger partial charge in [-0.2, -0.15) is 0 Å². The van der Waals surface area contributed by atoms with E-state index in [4.69, 9.17) is 0 Å². The van der Waals surface area contributed by atoms with Crippen LogP contribution >= 0.6 is 0 Å². The van der Waals surface area contributed by atoms with E-state index in [-0.39, 0.29) is 0 Å². The Morgan fingerprint density at radius 3 is 2.56 bits per heavy atom. The Kier molecular flexibility index (Phi) is 7.25. The second kappa shape index (κ2) is 8.16. The lowest BCUT2D eigenvalue weighted by atomic mass is 9.86. The number of hydrogen-bond donors (Lipinski definition) is 1. The third-order valence-corrected chi connectivity index (χ3v) is 4.52. The highest BCUT2D eigenvalue weighted by molar-refractivity contribution is 4.80. The van der Waals surface area contributed by atoms with Gasteiger partial charge in [-0.05, 0) is 51.6 Å². The summed E-state index contributed by atoms with van der Waals surface area (Å²) >= 11 is 0. The molecular weight excluding hydrogens is 220 g/mol. The molecule has 0 aromatic heterocycles. The van der Waals surface area contributed by atoms with E-state index in [0.717, 1.165) is 31.0 Å². The van der Waals surface area contributed by atoms with Gasteiger partial charge in [-0.1, -0.05) is 33.6 Å². The van der Waals surface area contributed by atoms with Crippen molar-refractivity contribution in [2.75, 3.05) is 20.1 Å². The third kappa shape index (κ3) is 5.71. The maximum atomic E-state index is 3.61. The van der Waals surface area contributed by atoms with Crippen molar-refractivity contribution in [2.24, 2.45) is 11.8 Å². The van der Waals surface area contributed by atoms with Crippen molar-refractivity contribution in [1.82, 2.24) is 10.2 Å². The molecule has 1 fully saturated rings. The van der Waals surface area contributed by atoms with Gasteiger partial charge in [0.05, 0.1) is 0 Å². The van der Waals surface area contributed by atoms with Crippen molar-refractivity contribution < 1.29 is 0 Å². The van der Waals surface area contributed by atoms with Gasteiger partial charge in [-0.15, -0.1) is 0 Å². The molecule has 18 heavy (non-hydrogen) atoms. The lowest BCUT2D eigenvalue weighted by Crippen LogP contribution is -2.45. The van der Waals surface area contributed by atoms with E-state index in [0.29, 0.717) is 6.04 Å². The zero-order chi connectivity index (χ0) is 13.5. The van der Waals surface area contributed by atoms with Crippen LogP contribution in [0.3, 0.4) is 0 Å². The summed E-state index contributed by atoms with van der Waals surface area (Å²) < 4.78 is 0. The van der Waals surface area contributed by atoms with Crippen LogP contribution in [0.2, 0.25) is 0 Å². The fourth-order valence-electron chi connectivity index (χ4n) is 2.98. The monoisotopic (exact) mass is 254 g/mol. The molecule has 0 amide bonds. The molecule has 1 rings (SSSR count). The standard InChI is InChI=1S/C16H34N2/c1-13(2)9-10-17-12-15(4)18(5)16-8-6-7-14(3)11-16/h13-17H,6-12H2,1-5H3. The van der Waals surface area contributed by atoms with E-state index in [1.54, 1.807) is 0 Å². The van der Waals surface area contributed by atoms with Crippen LogP contribution in [0, 0.1) is 11.8 Å². The second-order valence-corrected chi connectivity index (χ2v) is 6.83. The highest BCUT2D eigenvalue weighted by atomic mass is 15.2. The van der Waals surface area contributed by atoms with Gasteiger partial charge in [-0.3, -0.25) is 4.90 Å². The lowest BCUT2D eigenvalue weighted by molar-refractivity contribution is 0.124. The Labute approximate surface area is 115 Å². The van der Waals surface area contributed by atoms with Gasteiger partial charge in [0.2, 0.25) is 0 Å². The summed E-state index contributed by atoms with van der Waals surface area (Å²) in [4.78, 5) is 2.61. The van der Waals surface area contributed by atoms with Crippen LogP contribution in [0.1, 0.15) is 59.8 Å². The zero-order valence-electron chi connectivity index (χ0n) is 13.2. The number of likely N-dealkylation sites (N-methyl/N-ethyl adjacent to an activating group) is 1. The van der Waals surface area contributed by atoms with Crippen LogP contribution in [-0.2, 0) is 0 Å². The topological polar surface area (TPSA) is 15.3 Å². The minimum Gasteiger partial charge on any atom is -0.315 e. The van der Waals surface area contributed by atoms with E-state index >= 15 is 0 Å². The van der Waals surface area contributed by atoms with E-state index in [9.17, 15) is 0 Å². The first-order valence-corrected chi connectivity index (χ1v) is 7.93. The maximum Gasteiger partial charge on any atom is 0.0192 e. The summed E-state index contributed by atoms with van der Waals surface area (Å²) in [5.41, 5.74) is 0. The average Bonchev–Trinajstić information content (AvgIpc) is 2.33. The van der Waals surface area contributed by atoms with E-state index in [2.05, 4.69) is 45.0 Å². The van der Waals surface area contributed by atoms with Crippen LogP contribution in [0.4, 0.5) is 0 Å². The Balaban J connectivity index is 2.21. The smallest absolute Gasteiger partial charge is 0.0192 e. The molecule has 0 saturated heterocycles. The lowest BCUT2D eigenvalue weighted by Gasteiger charge is -2.37. The van der Waals surface area contributed by atoms with Gasteiger partial charge in [0.25, 0.3) is 0 Å². The summed E-state index contributed by atoms with van der Waals surface area (Å²) in [7, 11) is 2.32. The van der Waals surface area contributed by atoms with Crippen LogP contribution in [0.5, 0.6) is 0 Å². The first-order valence-electron chi connectivity index (χ1n) is 7.93. The molecule has 1 aliphatic carbocycles. The molecule has 108 valence electrons. The predicted octanol–water partition coefficient (Wildman–Crippen LogP) is 3.52. The highest BCUT2D eigenvalue weighted by Crippen LogP contribution is 2.27. The van der Waals surface area contributed by atoms with Crippen molar-refractivity contribution >= 4 is 0 Å². The molecule has 3 atom stereocenters. The van der Waals surface area contributed by atoms with Crippen molar-refractivity contribution in [2.45, 2.75) is 71.9 Å². The van der Waals surface area contributed by atoms with E-state index < -0.39 is 0 Å². The van der Waals surface area contributed by atoms with Gasteiger partial charge >= 0.3 is 0 Å². The van der Waals surface area contributed by atoms with Gasteiger partial charge in [0.1, 0.15) is 0 Å². The molecule has 1 aliphatic rings. The molecule has 0 aliphatic heterocycles. The summed E-state index contributed by atoms with van der Waals surface area (Å²) in [5, 5.41) is 3.61. The molecule has 0 spiro atoms. The van der Waals surface area contributed by atoms with Crippen LogP contribution in [-0.4, -0.2) is 37.1 Å². The van der Waals surface area contributed by atoms with E-state index in [1.165, 1.54) is 32.1 Å². The summed E-state index contributed by atoms with van der Waals surface area (Å²) in [6.07, 6.45) is 6.94. The Morgan fingerprint density at radius 2 is 1.94 bits per heavy atom. The zero-order valence-corrected chi connectivity index (χ0v) is 13.2. The SMILES string of the molecule is CC(C)CCNCC(C)N(C)C1CCCC(C)C1. The van der Waals surface area contributed by atoms with Crippen molar-refractivity contribution in [3.63, 3.8) is 0 Å². The minimum atomic E-state index is 0.660. The molecule has 0 aromatic rings. The Bertz CT molecular complexity index is 215. The van der Waals surface area contributed by atoms with Gasteiger partial charge < -0.3 is 5.32 Å². The first kappa shape index (κ1) is 16.0. The summed E-state index contributed by atoms with van der Waals surface area (Å²) in [5.74, 6) is 1.73. The molecule has 3 unspecified atom stereocenters. The van der Waals surface area contributed by atoms with Crippen molar-refractivity contribution in [1.29, 1.82) is 0 Å². The van der Waals surface area contributed by atoms with E-state index in [1.807, 2.05) is 0 Å². The molecule has 1 saturated carbocycles. The molecule has 2 heteroatoms. The summed E-state index contributed by atoms with van der Waals surface area (Å²) in [6.45, 7) is 11.7. The number of nitrogens with zero attached hydrogens (tertiary/aromatic N) is 1. The predicted molar refractivity (Wildman–Crippen MR) is 81.0 cm³/mol. The molecule has 0 heterocycles. The number of hydrogen-bond acceptors (Lipinski definition) is 2. The van der Waals surface area contributed by atoms with Gasteiger partial charge in [-0.25, -0.2) is 0 Å². The number of rotatable bonds is 7. The van der Waals surface area contributed by atoms with Crippen LogP contribution < -0.4 is 5.32 Å². The first-order chi connectivity index (χ1) is 8.50. The fraction of sp³-hybridized carbons (Fsp3) is 1.00. The largest absolute Gasteiger partial charge is 0.315 e. The molecule has 0 radical (unpaired) electrons. The molecule has 1 N–H and O–H groups in total. The summed E-state index contributed by atoms with van der Waals surface area (Å²) in [6, 6.07) is 1.48. The highest BCUT2D eigenvalue weighted by Gasteiger charge is 2.24. The fourth-order valence-corrected chi connectivity index (χ4v) is 2.98. The van der Waals surface area contributed by atoms with Gasteiger partial charge in [0, 0.05) is 18.6 Å². The Hall–Kier alpha value is -0.0800. The average molecular weight is 254 g/mol. The molecule has 0 aromatic carbocycles. The van der Waals surface area contributed by atoms with Crippen LogP contribution in [0.25, 0.3) is 0 Å². The van der Waals surface area contributed by atoms with Crippen molar-refractivity contribution in [3.05, 3.63) is 0 Å². The second-order valence-electron chi connectivity index (χ2n) is 6.83. The van der Waals surface area contributed by atoms with Crippen molar-refractivity contribution in [3.8, 4) is 0 Å².